The van der Waals surface area contributed by atoms with Gasteiger partial charge in [-0.15, -0.1) is 6.42 Å². The van der Waals surface area contributed by atoms with Crippen molar-refractivity contribution in [2.24, 2.45) is 5.92 Å². The Morgan fingerprint density at radius 2 is 2.15 bits per heavy atom. The maximum Gasteiger partial charge on any atom is 0.248 e. The molecule has 10 nitrogen and oxygen atoms in total. The molecule has 1 saturated heterocycles. The van der Waals surface area contributed by atoms with Crippen LogP contribution in [0, 0.1) is 18.3 Å². The maximum absolute atomic E-state index is 10.3. The van der Waals surface area contributed by atoms with Crippen molar-refractivity contribution in [2.45, 2.75) is 38.4 Å². The molecule has 1 aliphatic heterocycles. The lowest BCUT2D eigenvalue weighted by Gasteiger charge is -2.17. The molecule has 0 aromatic carbocycles. The highest BCUT2D eigenvalue weighted by Crippen LogP contribution is 2.33. The van der Waals surface area contributed by atoms with Gasteiger partial charge in [0.15, 0.2) is 24.0 Å². The number of terminal acetylenes is 1. The third-order valence-corrected chi connectivity index (χ3v) is 4.14. The Kier molecular flexibility index (Phi) is 5.76. The van der Waals surface area contributed by atoms with Crippen molar-refractivity contribution in [2.75, 3.05) is 25.1 Å². The largest absolute Gasteiger partial charge is 0.463 e. The van der Waals surface area contributed by atoms with Crippen LogP contribution in [0.3, 0.4) is 0 Å². The molecule has 2 aromatic rings. The molecule has 2 aromatic heterocycles. The molecule has 1 unspecified atom stereocenters. The number of rotatable bonds is 7. The first kappa shape index (κ1) is 19.3. The Morgan fingerprint density at radius 3 is 2.78 bits per heavy atom. The van der Waals surface area contributed by atoms with E-state index in [1.807, 2.05) is 13.8 Å². The van der Waals surface area contributed by atoms with Gasteiger partial charge in [0, 0.05) is 6.54 Å². The molecule has 0 amide bonds. The van der Waals surface area contributed by atoms with Gasteiger partial charge in [-0.3, -0.25) is 4.57 Å². The fourth-order valence-corrected chi connectivity index (χ4v) is 2.77. The lowest BCUT2D eigenvalue weighted by atomic mass is 10.1. The van der Waals surface area contributed by atoms with Gasteiger partial charge in [0.05, 0.1) is 12.9 Å². The zero-order valence-corrected chi connectivity index (χ0v) is 15.1. The van der Waals surface area contributed by atoms with Gasteiger partial charge in [-0.25, -0.2) is 4.98 Å². The van der Waals surface area contributed by atoms with Gasteiger partial charge in [-0.2, -0.15) is 9.97 Å². The lowest BCUT2D eigenvalue weighted by molar-refractivity contribution is -0.0511. The zero-order chi connectivity index (χ0) is 19.6. The van der Waals surface area contributed by atoms with Crippen LogP contribution in [0.4, 0.5) is 5.95 Å². The SMILES string of the molecule is C#CCOc1nc(NCC(C)C)nc2c1ncn2[C@@H]1O[C@H](CO)[C@H](O)C1O. The van der Waals surface area contributed by atoms with Gasteiger partial charge < -0.3 is 30.1 Å². The Balaban J connectivity index is 2.01. The summed E-state index contributed by atoms with van der Waals surface area (Å²) in [5.74, 6) is 3.26. The van der Waals surface area contributed by atoms with Crippen LogP contribution in [-0.2, 0) is 4.74 Å². The highest BCUT2D eigenvalue weighted by Gasteiger charge is 2.44. The molecule has 0 spiro atoms. The quantitative estimate of drug-likeness (QED) is 0.472. The summed E-state index contributed by atoms with van der Waals surface area (Å²) < 4.78 is 12.5. The lowest BCUT2D eigenvalue weighted by Crippen LogP contribution is -2.33. The predicted octanol–water partition coefficient (Wildman–Crippen LogP) is -0.482. The minimum Gasteiger partial charge on any atom is -0.463 e. The van der Waals surface area contributed by atoms with Crippen molar-refractivity contribution in [1.29, 1.82) is 0 Å². The minimum absolute atomic E-state index is 0.0104. The van der Waals surface area contributed by atoms with E-state index in [0.717, 1.165) is 0 Å². The number of hydrogen-bond donors (Lipinski definition) is 4. The van der Waals surface area contributed by atoms with Crippen LogP contribution >= 0.6 is 0 Å². The summed E-state index contributed by atoms with van der Waals surface area (Å²) in [6, 6.07) is 0. The molecule has 146 valence electrons. The van der Waals surface area contributed by atoms with Crippen molar-refractivity contribution in [3.63, 3.8) is 0 Å². The third kappa shape index (κ3) is 3.81. The van der Waals surface area contributed by atoms with E-state index in [1.54, 1.807) is 0 Å². The number of anilines is 1. The van der Waals surface area contributed by atoms with Crippen molar-refractivity contribution in [3.8, 4) is 18.2 Å². The molecule has 0 radical (unpaired) electrons. The van der Waals surface area contributed by atoms with Crippen LogP contribution in [0.15, 0.2) is 6.33 Å². The van der Waals surface area contributed by atoms with Crippen LogP contribution in [0.1, 0.15) is 20.1 Å². The summed E-state index contributed by atoms with van der Waals surface area (Å²) in [6.07, 6.45) is 2.33. The summed E-state index contributed by atoms with van der Waals surface area (Å²) in [6.45, 7) is 4.32. The van der Waals surface area contributed by atoms with Crippen molar-refractivity contribution < 1.29 is 24.8 Å². The highest BCUT2D eigenvalue weighted by molar-refractivity contribution is 5.78. The first-order chi connectivity index (χ1) is 13.0. The van der Waals surface area contributed by atoms with E-state index in [1.165, 1.54) is 10.9 Å². The van der Waals surface area contributed by atoms with E-state index in [4.69, 9.17) is 15.9 Å². The molecule has 27 heavy (non-hydrogen) atoms. The van der Waals surface area contributed by atoms with E-state index < -0.39 is 31.1 Å². The summed E-state index contributed by atoms with van der Waals surface area (Å²) in [7, 11) is 0. The molecular weight excluding hydrogens is 354 g/mol. The third-order valence-electron chi connectivity index (χ3n) is 4.14. The number of aliphatic hydroxyl groups is 3. The van der Waals surface area contributed by atoms with Gasteiger partial charge in [0.25, 0.3) is 0 Å². The molecule has 1 aliphatic rings. The minimum atomic E-state index is -1.25. The van der Waals surface area contributed by atoms with Crippen molar-refractivity contribution in [1.82, 2.24) is 19.5 Å². The summed E-state index contributed by atoms with van der Waals surface area (Å²) in [5, 5.41) is 32.7. The normalized spacial score (nSPS) is 25.1. The van der Waals surface area contributed by atoms with Crippen LogP contribution in [0.5, 0.6) is 5.88 Å². The van der Waals surface area contributed by atoms with E-state index in [2.05, 4.69) is 26.2 Å². The summed E-state index contributed by atoms with van der Waals surface area (Å²) in [4.78, 5) is 13.0. The second-order valence-corrected chi connectivity index (χ2v) is 6.67. The van der Waals surface area contributed by atoms with Gasteiger partial charge in [0.1, 0.15) is 18.3 Å². The molecule has 3 heterocycles. The average Bonchev–Trinajstić information content (AvgIpc) is 3.19. The van der Waals surface area contributed by atoms with Crippen molar-refractivity contribution in [3.05, 3.63) is 6.33 Å². The number of fused-ring (bicyclic) bond motifs is 1. The molecule has 4 N–H and O–H groups in total. The van der Waals surface area contributed by atoms with E-state index in [-0.39, 0.29) is 12.5 Å². The van der Waals surface area contributed by atoms with Gasteiger partial charge >= 0.3 is 0 Å². The standard InChI is InChI=1S/C17H23N5O5/c1-4-5-26-15-11-14(20-17(21-15)18-6-9(2)3)22(8-19-11)16-13(25)12(24)10(7-23)27-16/h1,8-10,12-13,16,23-25H,5-7H2,2-3H3,(H,18,20,21)/t10-,12+,13?,16-/m1/s1. The molecule has 0 aliphatic carbocycles. The monoisotopic (exact) mass is 377 g/mol. The number of nitrogens with zero attached hydrogens (tertiary/aromatic N) is 4. The average molecular weight is 377 g/mol. The second kappa shape index (κ2) is 8.06. The predicted molar refractivity (Wildman–Crippen MR) is 96.0 cm³/mol. The number of imidazole rings is 1. The number of hydrogen-bond acceptors (Lipinski definition) is 9. The van der Waals surface area contributed by atoms with E-state index in [0.29, 0.717) is 29.6 Å². The smallest absolute Gasteiger partial charge is 0.248 e. The molecule has 10 heteroatoms. The van der Waals surface area contributed by atoms with Crippen molar-refractivity contribution >= 4 is 17.1 Å². The first-order valence-electron chi connectivity index (χ1n) is 8.63. The number of ether oxygens (including phenoxy) is 2. The van der Waals surface area contributed by atoms with E-state index in [9.17, 15) is 15.3 Å². The Labute approximate surface area is 156 Å². The molecule has 0 bridgehead atoms. The molecular formula is C17H23N5O5. The topological polar surface area (TPSA) is 135 Å². The molecule has 4 atom stereocenters. The maximum atomic E-state index is 10.3. The molecule has 3 rings (SSSR count). The Hall–Kier alpha value is -2.45. The fraction of sp³-hybridized carbons (Fsp3) is 0.588. The zero-order valence-electron chi connectivity index (χ0n) is 15.1. The van der Waals surface area contributed by atoms with Gasteiger partial charge in [-0.05, 0) is 5.92 Å². The first-order valence-corrected chi connectivity index (χ1v) is 8.63. The number of aromatic nitrogens is 4. The Bertz CT molecular complexity index is 833. The van der Waals surface area contributed by atoms with Crippen LogP contribution < -0.4 is 10.1 Å². The number of aliphatic hydroxyl groups excluding tert-OH is 3. The highest BCUT2D eigenvalue weighted by atomic mass is 16.6. The van der Waals surface area contributed by atoms with Crippen LogP contribution in [0.25, 0.3) is 11.2 Å². The van der Waals surface area contributed by atoms with E-state index >= 15 is 0 Å². The van der Waals surface area contributed by atoms with Gasteiger partial charge in [0.2, 0.25) is 11.8 Å². The molecule has 0 saturated carbocycles. The van der Waals surface area contributed by atoms with Gasteiger partial charge in [-0.1, -0.05) is 19.8 Å². The fourth-order valence-electron chi connectivity index (χ4n) is 2.77. The second-order valence-electron chi connectivity index (χ2n) is 6.67. The Morgan fingerprint density at radius 1 is 1.37 bits per heavy atom. The van der Waals surface area contributed by atoms with Crippen LogP contribution in [0.2, 0.25) is 0 Å². The summed E-state index contributed by atoms with van der Waals surface area (Å²) >= 11 is 0. The molecule has 1 fully saturated rings. The number of nitrogens with one attached hydrogen (secondary N) is 1. The van der Waals surface area contributed by atoms with Crippen LogP contribution in [-0.4, -0.2) is 72.9 Å². The summed E-state index contributed by atoms with van der Waals surface area (Å²) in [5.41, 5.74) is 0.691.